The number of nitrogens with two attached hydrogens (primary N) is 1. The summed E-state index contributed by atoms with van der Waals surface area (Å²) in [7, 11) is 1.52. The van der Waals surface area contributed by atoms with Gasteiger partial charge in [-0.25, -0.2) is 9.59 Å². The van der Waals surface area contributed by atoms with Gasteiger partial charge in [0.2, 0.25) is 5.91 Å². The zero-order chi connectivity index (χ0) is 15.7. The van der Waals surface area contributed by atoms with E-state index in [-0.39, 0.29) is 18.9 Å². The molecule has 1 unspecified atom stereocenters. The molecule has 0 bridgehead atoms. The predicted molar refractivity (Wildman–Crippen MR) is 72.1 cm³/mol. The molecule has 0 saturated carbocycles. The third kappa shape index (κ3) is 6.37. The molecule has 4 N–H and O–H groups in total. The first-order valence-corrected chi connectivity index (χ1v) is 6.40. The van der Waals surface area contributed by atoms with Crippen molar-refractivity contribution >= 4 is 17.9 Å². The Morgan fingerprint density at radius 1 is 1.40 bits per heavy atom. The quantitative estimate of drug-likeness (QED) is 0.541. The fourth-order valence-electron chi connectivity index (χ4n) is 1.76. The minimum Gasteiger partial charge on any atom is -0.480 e. The second-order valence-electron chi connectivity index (χ2n) is 4.44. The summed E-state index contributed by atoms with van der Waals surface area (Å²) in [6, 6.07) is -1.83. The highest BCUT2D eigenvalue weighted by molar-refractivity contribution is 5.83. The maximum atomic E-state index is 12.0. The SMILES string of the molecule is CCN(C(=O)N[C@@H](CCC(N)=O)C(=O)O)C(C)COC. The number of amides is 3. The molecular weight excluding hydrogens is 266 g/mol. The van der Waals surface area contributed by atoms with Gasteiger partial charge in [0.1, 0.15) is 6.04 Å². The van der Waals surface area contributed by atoms with Crippen LogP contribution in [-0.2, 0) is 14.3 Å². The van der Waals surface area contributed by atoms with Gasteiger partial charge < -0.3 is 25.8 Å². The van der Waals surface area contributed by atoms with E-state index in [1.807, 2.05) is 0 Å². The highest BCUT2D eigenvalue weighted by Crippen LogP contribution is 2.03. The van der Waals surface area contributed by atoms with Crippen molar-refractivity contribution in [3.8, 4) is 0 Å². The van der Waals surface area contributed by atoms with Crippen molar-refractivity contribution in [1.82, 2.24) is 10.2 Å². The number of likely N-dealkylation sites (N-methyl/N-ethyl adjacent to an activating group) is 1. The van der Waals surface area contributed by atoms with E-state index in [1.165, 1.54) is 12.0 Å². The number of methoxy groups -OCH3 is 1. The Bertz CT molecular complexity index is 348. The Morgan fingerprint density at radius 2 is 2.00 bits per heavy atom. The summed E-state index contributed by atoms with van der Waals surface area (Å²) in [5, 5.41) is 11.4. The van der Waals surface area contributed by atoms with Gasteiger partial charge in [-0.05, 0) is 20.3 Å². The van der Waals surface area contributed by atoms with E-state index in [0.717, 1.165) is 0 Å². The summed E-state index contributed by atoms with van der Waals surface area (Å²) in [4.78, 5) is 35.2. The Balaban J connectivity index is 4.63. The average molecular weight is 289 g/mol. The van der Waals surface area contributed by atoms with Crippen molar-refractivity contribution in [3.63, 3.8) is 0 Å². The number of hydrogen-bond acceptors (Lipinski definition) is 4. The van der Waals surface area contributed by atoms with Crippen LogP contribution in [0.2, 0.25) is 0 Å². The summed E-state index contributed by atoms with van der Waals surface area (Å²) in [5.74, 6) is -1.80. The molecule has 0 rings (SSSR count). The van der Waals surface area contributed by atoms with E-state index < -0.39 is 23.9 Å². The van der Waals surface area contributed by atoms with Crippen molar-refractivity contribution in [1.29, 1.82) is 0 Å². The fraction of sp³-hybridized carbons (Fsp3) is 0.750. The van der Waals surface area contributed by atoms with Crippen LogP contribution < -0.4 is 11.1 Å². The molecule has 0 aliphatic rings. The molecule has 3 amide bonds. The molecule has 0 heterocycles. The normalized spacial score (nSPS) is 13.3. The second kappa shape index (κ2) is 9.13. The van der Waals surface area contributed by atoms with Crippen LogP contribution >= 0.6 is 0 Å². The lowest BCUT2D eigenvalue weighted by Gasteiger charge is -2.29. The molecule has 0 aromatic heterocycles. The summed E-state index contributed by atoms with van der Waals surface area (Å²) in [5.41, 5.74) is 4.97. The summed E-state index contributed by atoms with van der Waals surface area (Å²) < 4.78 is 4.97. The molecule has 0 spiro atoms. The van der Waals surface area contributed by atoms with Gasteiger partial charge in [-0.2, -0.15) is 0 Å². The van der Waals surface area contributed by atoms with E-state index in [4.69, 9.17) is 15.6 Å². The zero-order valence-electron chi connectivity index (χ0n) is 12.1. The summed E-state index contributed by atoms with van der Waals surface area (Å²) in [6.07, 6.45) is -0.135. The minimum absolute atomic E-state index is 0.0351. The number of ether oxygens (including phenoxy) is 1. The molecule has 0 aliphatic heterocycles. The van der Waals surface area contributed by atoms with Gasteiger partial charge in [0.05, 0.1) is 12.6 Å². The molecule has 8 nitrogen and oxygen atoms in total. The van der Waals surface area contributed by atoms with Crippen LogP contribution in [0.1, 0.15) is 26.7 Å². The van der Waals surface area contributed by atoms with Crippen LogP contribution in [0.3, 0.4) is 0 Å². The number of aliphatic carboxylic acids is 1. The molecule has 0 saturated heterocycles. The van der Waals surface area contributed by atoms with E-state index in [1.54, 1.807) is 13.8 Å². The number of urea groups is 1. The summed E-state index contributed by atoms with van der Waals surface area (Å²) >= 11 is 0. The number of carboxylic acids is 1. The highest BCUT2D eigenvalue weighted by Gasteiger charge is 2.25. The second-order valence-corrected chi connectivity index (χ2v) is 4.44. The largest absolute Gasteiger partial charge is 0.480 e. The molecule has 8 heteroatoms. The zero-order valence-corrected chi connectivity index (χ0v) is 12.1. The minimum atomic E-state index is -1.20. The number of carbonyl (C=O) groups excluding carboxylic acids is 2. The lowest BCUT2D eigenvalue weighted by atomic mass is 10.1. The summed E-state index contributed by atoms with van der Waals surface area (Å²) in [6.45, 7) is 4.34. The topological polar surface area (TPSA) is 122 Å². The van der Waals surface area contributed by atoms with Crippen LogP contribution in [0.15, 0.2) is 0 Å². The van der Waals surface area contributed by atoms with Crippen molar-refractivity contribution in [3.05, 3.63) is 0 Å². The van der Waals surface area contributed by atoms with Crippen molar-refractivity contribution < 1.29 is 24.2 Å². The van der Waals surface area contributed by atoms with Crippen LogP contribution in [0, 0.1) is 0 Å². The van der Waals surface area contributed by atoms with Gasteiger partial charge in [0.25, 0.3) is 0 Å². The number of carbonyl (C=O) groups is 3. The van der Waals surface area contributed by atoms with Crippen molar-refractivity contribution in [2.24, 2.45) is 5.73 Å². The molecule has 0 aromatic carbocycles. The van der Waals surface area contributed by atoms with E-state index in [2.05, 4.69) is 5.32 Å². The monoisotopic (exact) mass is 289 g/mol. The number of nitrogens with zero attached hydrogens (tertiary/aromatic N) is 1. The number of primary amides is 1. The predicted octanol–water partition coefficient (Wildman–Crippen LogP) is -0.228. The van der Waals surface area contributed by atoms with Crippen molar-refractivity contribution in [2.75, 3.05) is 20.3 Å². The fourth-order valence-corrected chi connectivity index (χ4v) is 1.76. The van der Waals surface area contributed by atoms with Gasteiger partial charge in [-0.15, -0.1) is 0 Å². The van der Waals surface area contributed by atoms with Gasteiger partial charge in [-0.1, -0.05) is 0 Å². The number of carboxylic acid groups (broad SMARTS) is 1. The maximum Gasteiger partial charge on any atom is 0.326 e. The van der Waals surface area contributed by atoms with Gasteiger partial charge in [-0.3, -0.25) is 4.79 Å². The van der Waals surface area contributed by atoms with Crippen LogP contribution in [0.4, 0.5) is 4.79 Å². The first-order chi connectivity index (χ1) is 9.33. The Morgan fingerprint density at radius 3 is 2.40 bits per heavy atom. The van der Waals surface area contributed by atoms with Crippen molar-refractivity contribution in [2.45, 2.75) is 38.8 Å². The average Bonchev–Trinajstić information content (AvgIpc) is 2.34. The van der Waals surface area contributed by atoms with Gasteiger partial charge >= 0.3 is 12.0 Å². The third-order valence-corrected chi connectivity index (χ3v) is 2.82. The lowest BCUT2D eigenvalue weighted by molar-refractivity contribution is -0.139. The van der Waals surface area contributed by atoms with E-state index >= 15 is 0 Å². The van der Waals surface area contributed by atoms with Gasteiger partial charge in [0, 0.05) is 20.1 Å². The van der Waals surface area contributed by atoms with Crippen LogP contribution in [-0.4, -0.2) is 60.3 Å². The molecule has 20 heavy (non-hydrogen) atoms. The Kier molecular flexibility index (Phi) is 8.30. The first kappa shape index (κ1) is 18.2. The first-order valence-electron chi connectivity index (χ1n) is 6.40. The van der Waals surface area contributed by atoms with E-state index in [9.17, 15) is 14.4 Å². The molecule has 2 atom stereocenters. The standard InChI is InChI=1S/C12H23N3O5/c1-4-15(8(2)7-20-3)12(19)14-9(11(17)18)5-6-10(13)16/h8-9H,4-7H2,1-3H3,(H2,13,16)(H,14,19)(H,17,18)/t8?,9-/m0/s1. The van der Waals surface area contributed by atoms with Crippen LogP contribution in [0.5, 0.6) is 0 Å². The van der Waals surface area contributed by atoms with Crippen LogP contribution in [0.25, 0.3) is 0 Å². The number of hydrogen-bond donors (Lipinski definition) is 3. The molecule has 0 fully saturated rings. The lowest BCUT2D eigenvalue weighted by Crippen LogP contribution is -2.51. The molecule has 0 radical (unpaired) electrons. The number of nitrogens with one attached hydrogen (secondary N) is 1. The third-order valence-electron chi connectivity index (χ3n) is 2.82. The Labute approximate surface area is 118 Å². The molecule has 0 aromatic rings. The van der Waals surface area contributed by atoms with Gasteiger partial charge in [0.15, 0.2) is 0 Å². The molecule has 116 valence electrons. The molecular formula is C12H23N3O5. The number of rotatable bonds is 9. The maximum absolute atomic E-state index is 12.0. The van der Waals surface area contributed by atoms with E-state index in [0.29, 0.717) is 13.2 Å². The highest BCUT2D eigenvalue weighted by atomic mass is 16.5. The Hall–Kier alpha value is -1.83. The molecule has 0 aliphatic carbocycles. The smallest absolute Gasteiger partial charge is 0.326 e.